The average molecular weight is 183 g/mol. The molecule has 4 heteroatoms. The van der Waals surface area contributed by atoms with Crippen LogP contribution in [-0.2, 0) is 4.74 Å². The minimum Gasteiger partial charge on any atom is -0.465 e. The zero-order valence-electron chi connectivity index (χ0n) is 6.57. The van der Waals surface area contributed by atoms with Crippen LogP contribution in [0.25, 0.3) is 0 Å². The zero-order chi connectivity index (χ0) is 9.14. The van der Waals surface area contributed by atoms with Gasteiger partial charge in [0.1, 0.15) is 0 Å². The van der Waals surface area contributed by atoms with E-state index in [0.717, 1.165) is 0 Å². The lowest BCUT2D eigenvalue weighted by atomic mass is 10.2. The van der Waals surface area contributed by atoms with Crippen molar-refractivity contribution in [3.05, 3.63) is 23.8 Å². The molecule has 12 heavy (non-hydrogen) atoms. The second-order valence-corrected chi connectivity index (χ2v) is 2.71. The number of hydrogen-bond donors (Lipinski definition) is 2. The van der Waals surface area contributed by atoms with E-state index in [4.69, 9.17) is 5.73 Å². The molecule has 0 fully saturated rings. The highest BCUT2D eigenvalue weighted by atomic mass is 32.1. The summed E-state index contributed by atoms with van der Waals surface area (Å²) in [6.07, 6.45) is 0. The third-order valence-electron chi connectivity index (χ3n) is 1.46. The van der Waals surface area contributed by atoms with E-state index in [-0.39, 0.29) is 0 Å². The van der Waals surface area contributed by atoms with Crippen molar-refractivity contribution in [1.29, 1.82) is 0 Å². The summed E-state index contributed by atoms with van der Waals surface area (Å²) >= 11 is 4.08. The first kappa shape index (κ1) is 8.93. The van der Waals surface area contributed by atoms with Crippen LogP contribution in [0.2, 0.25) is 0 Å². The number of carbonyl (C=O) groups excluding carboxylic acids is 1. The molecule has 0 saturated heterocycles. The molecule has 0 amide bonds. The summed E-state index contributed by atoms with van der Waals surface area (Å²) in [4.78, 5) is 11.6. The highest BCUT2D eigenvalue weighted by Crippen LogP contribution is 2.20. The van der Waals surface area contributed by atoms with Gasteiger partial charge in [-0.3, -0.25) is 0 Å². The van der Waals surface area contributed by atoms with E-state index in [1.165, 1.54) is 7.11 Å². The smallest absolute Gasteiger partial charge is 0.341 e. The number of benzene rings is 1. The molecule has 0 spiro atoms. The minimum atomic E-state index is -0.460. The van der Waals surface area contributed by atoms with Gasteiger partial charge >= 0.3 is 5.97 Å². The summed E-state index contributed by atoms with van der Waals surface area (Å²) in [5.74, 6) is -0.460. The number of rotatable bonds is 1. The zero-order valence-corrected chi connectivity index (χ0v) is 7.47. The Morgan fingerprint density at radius 2 is 2.25 bits per heavy atom. The lowest BCUT2D eigenvalue weighted by Crippen LogP contribution is -2.06. The van der Waals surface area contributed by atoms with E-state index >= 15 is 0 Å². The highest BCUT2D eigenvalue weighted by Gasteiger charge is 2.12. The van der Waals surface area contributed by atoms with E-state index in [1.807, 2.05) is 0 Å². The standard InChI is InChI=1S/C8H9NO2S/c1-11-8(10)7-5(9)3-2-4-6(7)12/h2-4,12H,9H2,1H3. The molecule has 0 saturated carbocycles. The van der Waals surface area contributed by atoms with Crippen LogP contribution in [0.1, 0.15) is 10.4 Å². The first-order chi connectivity index (χ1) is 5.66. The predicted octanol–water partition coefficient (Wildman–Crippen LogP) is 1.34. The number of nitrogens with two attached hydrogens (primary N) is 1. The molecule has 0 unspecified atom stereocenters. The van der Waals surface area contributed by atoms with E-state index < -0.39 is 5.97 Å². The Balaban J connectivity index is 3.21. The number of anilines is 1. The van der Waals surface area contributed by atoms with E-state index in [1.54, 1.807) is 18.2 Å². The molecular formula is C8H9NO2S. The summed E-state index contributed by atoms with van der Waals surface area (Å²) in [5.41, 5.74) is 6.25. The Bertz CT molecular complexity index is 292. The summed E-state index contributed by atoms with van der Waals surface area (Å²) in [5, 5.41) is 0. The van der Waals surface area contributed by atoms with Crippen molar-refractivity contribution in [1.82, 2.24) is 0 Å². The van der Waals surface area contributed by atoms with Crippen molar-refractivity contribution < 1.29 is 9.53 Å². The van der Waals surface area contributed by atoms with Crippen LogP contribution in [0.3, 0.4) is 0 Å². The SMILES string of the molecule is COC(=O)c1c(N)cccc1S. The van der Waals surface area contributed by atoms with Crippen LogP contribution in [0.15, 0.2) is 23.1 Å². The van der Waals surface area contributed by atoms with Crippen LogP contribution in [0.5, 0.6) is 0 Å². The average Bonchev–Trinajstić information content (AvgIpc) is 2.03. The molecular weight excluding hydrogens is 174 g/mol. The van der Waals surface area contributed by atoms with Gasteiger partial charge in [-0.2, -0.15) is 0 Å². The Kier molecular flexibility index (Phi) is 2.60. The molecule has 2 N–H and O–H groups in total. The van der Waals surface area contributed by atoms with Gasteiger partial charge in [0.15, 0.2) is 0 Å². The van der Waals surface area contributed by atoms with Crippen molar-refractivity contribution in [2.45, 2.75) is 4.90 Å². The lowest BCUT2D eigenvalue weighted by molar-refractivity contribution is 0.0598. The number of carbonyl (C=O) groups is 1. The van der Waals surface area contributed by atoms with Crippen LogP contribution >= 0.6 is 12.6 Å². The molecule has 1 aromatic carbocycles. The third kappa shape index (κ3) is 1.53. The monoisotopic (exact) mass is 183 g/mol. The molecule has 0 heterocycles. The van der Waals surface area contributed by atoms with Crippen molar-refractivity contribution >= 4 is 24.3 Å². The summed E-state index contributed by atoms with van der Waals surface area (Å²) in [7, 11) is 1.31. The van der Waals surface area contributed by atoms with Crippen LogP contribution in [0.4, 0.5) is 5.69 Å². The highest BCUT2D eigenvalue weighted by molar-refractivity contribution is 7.80. The van der Waals surface area contributed by atoms with Crippen molar-refractivity contribution in [3.8, 4) is 0 Å². The molecule has 1 rings (SSSR count). The number of ether oxygens (including phenoxy) is 1. The van der Waals surface area contributed by atoms with Crippen molar-refractivity contribution in [2.24, 2.45) is 0 Å². The number of hydrogen-bond acceptors (Lipinski definition) is 4. The third-order valence-corrected chi connectivity index (χ3v) is 1.84. The second kappa shape index (κ2) is 3.49. The summed E-state index contributed by atoms with van der Waals surface area (Å²) < 4.78 is 4.53. The van der Waals surface area contributed by atoms with Crippen LogP contribution in [-0.4, -0.2) is 13.1 Å². The van der Waals surface area contributed by atoms with Crippen molar-refractivity contribution in [3.63, 3.8) is 0 Å². The molecule has 0 aromatic heterocycles. The van der Waals surface area contributed by atoms with E-state index in [9.17, 15) is 4.79 Å². The van der Waals surface area contributed by atoms with Gasteiger partial charge in [0.25, 0.3) is 0 Å². The maximum absolute atomic E-state index is 11.1. The Hall–Kier alpha value is -1.16. The molecule has 3 nitrogen and oxygen atoms in total. The Morgan fingerprint density at radius 3 is 2.75 bits per heavy atom. The van der Waals surface area contributed by atoms with E-state index in [2.05, 4.69) is 17.4 Å². The van der Waals surface area contributed by atoms with Gasteiger partial charge in [-0.25, -0.2) is 4.79 Å². The quantitative estimate of drug-likeness (QED) is 0.392. The molecule has 0 atom stereocenters. The summed E-state index contributed by atoms with van der Waals surface area (Å²) in [6.45, 7) is 0. The number of esters is 1. The number of methoxy groups -OCH3 is 1. The largest absolute Gasteiger partial charge is 0.465 e. The van der Waals surface area contributed by atoms with Gasteiger partial charge in [-0.1, -0.05) is 6.07 Å². The topological polar surface area (TPSA) is 52.3 Å². The number of thiol groups is 1. The van der Waals surface area contributed by atoms with Gasteiger partial charge in [-0.05, 0) is 12.1 Å². The molecule has 0 bridgehead atoms. The molecule has 0 aliphatic carbocycles. The fourth-order valence-electron chi connectivity index (χ4n) is 0.882. The normalized spacial score (nSPS) is 9.50. The second-order valence-electron chi connectivity index (χ2n) is 2.23. The van der Waals surface area contributed by atoms with Crippen LogP contribution in [0, 0.1) is 0 Å². The first-order valence-electron chi connectivity index (χ1n) is 3.32. The van der Waals surface area contributed by atoms with Gasteiger partial charge in [0, 0.05) is 10.6 Å². The van der Waals surface area contributed by atoms with Gasteiger partial charge < -0.3 is 10.5 Å². The fourth-order valence-corrected chi connectivity index (χ4v) is 1.19. The van der Waals surface area contributed by atoms with E-state index in [0.29, 0.717) is 16.1 Å². The molecule has 1 aromatic rings. The molecule has 0 radical (unpaired) electrons. The minimum absolute atomic E-state index is 0.323. The van der Waals surface area contributed by atoms with Gasteiger partial charge in [-0.15, -0.1) is 12.6 Å². The Morgan fingerprint density at radius 1 is 1.58 bits per heavy atom. The maximum atomic E-state index is 11.1. The maximum Gasteiger partial charge on any atom is 0.341 e. The van der Waals surface area contributed by atoms with Crippen LogP contribution < -0.4 is 5.73 Å². The molecule has 0 aliphatic heterocycles. The van der Waals surface area contributed by atoms with Gasteiger partial charge in [0.05, 0.1) is 12.7 Å². The Labute approximate surface area is 75.9 Å². The molecule has 0 aliphatic rings. The summed E-state index contributed by atoms with van der Waals surface area (Å²) in [6, 6.07) is 5.04. The first-order valence-corrected chi connectivity index (χ1v) is 3.77. The fraction of sp³-hybridized carbons (Fsp3) is 0.125. The molecule has 64 valence electrons. The van der Waals surface area contributed by atoms with Gasteiger partial charge in [0.2, 0.25) is 0 Å². The predicted molar refractivity (Wildman–Crippen MR) is 49.4 cm³/mol. The van der Waals surface area contributed by atoms with Crippen molar-refractivity contribution in [2.75, 3.05) is 12.8 Å². The lowest BCUT2D eigenvalue weighted by Gasteiger charge is -2.05. The number of nitrogen functional groups attached to an aromatic ring is 1.